The van der Waals surface area contributed by atoms with Crippen LogP contribution in [-0.4, -0.2) is 28.6 Å². The second kappa shape index (κ2) is 5.46. The molecule has 1 rings (SSSR count). The van der Waals surface area contributed by atoms with E-state index in [1.807, 2.05) is 24.7 Å². The molecule has 92 valence electrons. The largest absolute Gasteiger partial charge is 0.382 e. The van der Waals surface area contributed by atoms with E-state index in [0.29, 0.717) is 6.61 Å². The molecular weight excluding hydrogens is 204 g/mol. The van der Waals surface area contributed by atoms with Crippen LogP contribution in [0.4, 0.5) is 0 Å². The first kappa shape index (κ1) is 13.2. The highest BCUT2D eigenvalue weighted by atomic mass is 16.5. The van der Waals surface area contributed by atoms with Gasteiger partial charge in [0.2, 0.25) is 0 Å². The van der Waals surface area contributed by atoms with Crippen molar-refractivity contribution in [2.24, 2.45) is 5.92 Å². The van der Waals surface area contributed by atoms with E-state index in [-0.39, 0.29) is 5.92 Å². The number of nitrogens with zero attached hydrogens (tertiary/aromatic N) is 2. The van der Waals surface area contributed by atoms with Crippen molar-refractivity contribution in [1.29, 1.82) is 0 Å². The first-order valence-corrected chi connectivity index (χ1v) is 5.78. The van der Waals surface area contributed by atoms with Crippen LogP contribution in [0.1, 0.15) is 32.8 Å². The summed E-state index contributed by atoms with van der Waals surface area (Å²) in [5.74, 6) is 0.0896. The van der Waals surface area contributed by atoms with Crippen molar-refractivity contribution in [1.82, 2.24) is 9.78 Å². The van der Waals surface area contributed by atoms with Gasteiger partial charge in [-0.15, -0.1) is 0 Å². The Morgan fingerprint density at radius 2 is 2.25 bits per heavy atom. The molecule has 1 aromatic rings. The molecule has 1 heterocycles. The van der Waals surface area contributed by atoms with Crippen molar-refractivity contribution in [2.45, 2.75) is 39.3 Å². The van der Waals surface area contributed by atoms with Crippen LogP contribution in [0.5, 0.6) is 0 Å². The molecule has 0 aromatic carbocycles. The molecule has 1 aromatic heterocycles. The van der Waals surface area contributed by atoms with Gasteiger partial charge in [-0.1, -0.05) is 20.8 Å². The van der Waals surface area contributed by atoms with E-state index in [1.54, 1.807) is 13.3 Å². The molecule has 0 aliphatic rings. The summed E-state index contributed by atoms with van der Waals surface area (Å²) in [5, 5.41) is 14.8. The maximum Gasteiger partial charge on any atom is 0.118 e. The Hall–Kier alpha value is -0.870. The average Bonchev–Trinajstić information content (AvgIpc) is 2.67. The van der Waals surface area contributed by atoms with Crippen LogP contribution < -0.4 is 0 Å². The number of aromatic nitrogens is 2. The molecule has 0 saturated heterocycles. The molecule has 0 fully saturated rings. The number of ether oxygens (including phenoxy) is 1. The Balaban J connectivity index is 2.92. The number of aryl methyl sites for hydroxylation is 1. The molecule has 1 N–H and O–H groups in total. The summed E-state index contributed by atoms with van der Waals surface area (Å²) >= 11 is 0. The molecule has 0 aliphatic carbocycles. The van der Waals surface area contributed by atoms with E-state index in [0.717, 1.165) is 18.5 Å². The molecule has 0 spiro atoms. The summed E-state index contributed by atoms with van der Waals surface area (Å²) in [5.41, 5.74) is -0.112. The molecule has 1 unspecified atom stereocenters. The number of hydrogen-bond donors (Lipinski definition) is 1. The second-order valence-electron chi connectivity index (χ2n) is 4.50. The summed E-state index contributed by atoms with van der Waals surface area (Å²) in [6.07, 6.45) is 4.67. The predicted octanol–water partition coefficient (Wildman–Crippen LogP) is 1.78. The summed E-state index contributed by atoms with van der Waals surface area (Å²) < 4.78 is 6.96. The Morgan fingerprint density at radius 1 is 1.56 bits per heavy atom. The predicted molar refractivity (Wildman–Crippen MR) is 63.1 cm³/mol. The van der Waals surface area contributed by atoms with Crippen molar-refractivity contribution < 1.29 is 9.84 Å². The first-order chi connectivity index (χ1) is 7.54. The summed E-state index contributed by atoms with van der Waals surface area (Å²) in [4.78, 5) is 0. The van der Waals surface area contributed by atoms with Gasteiger partial charge < -0.3 is 9.84 Å². The third-order valence-corrected chi connectivity index (χ3v) is 2.91. The zero-order chi connectivity index (χ0) is 12.2. The third kappa shape index (κ3) is 2.62. The zero-order valence-electron chi connectivity index (χ0n) is 10.6. The molecular formula is C12H22N2O2. The third-order valence-electron chi connectivity index (χ3n) is 2.91. The van der Waals surface area contributed by atoms with E-state index in [9.17, 15) is 5.11 Å². The van der Waals surface area contributed by atoms with Gasteiger partial charge >= 0.3 is 0 Å². The molecule has 0 aliphatic heterocycles. The van der Waals surface area contributed by atoms with E-state index < -0.39 is 5.60 Å². The smallest absolute Gasteiger partial charge is 0.118 e. The van der Waals surface area contributed by atoms with E-state index in [4.69, 9.17) is 4.74 Å². The topological polar surface area (TPSA) is 47.3 Å². The van der Waals surface area contributed by atoms with Gasteiger partial charge in [0.05, 0.1) is 12.8 Å². The van der Waals surface area contributed by atoms with Gasteiger partial charge in [-0.25, -0.2) is 0 Å². The molecule has 0 saturated carbocycles. The van der Waals surface area contributed by atoms with Crippen LogP contribution in [0.25, 0.3) is 0 Å². The van der Waals surface area contributed by atoms with Crippen molar-refractivity contribution in [3.05, 3.63) is 18.0 Å². The summed E-state index contributed by atoms with van der Waals surface area (Å²) in [6, 6.07) is 0. The first-order valence-electron chi connectivity index (χ1n) is 5.78. The maximum absolute atomic E-state index is 10.6. The minimum Gasteiger partial charge on any atom is -0.382 e. The average molecular weight is 226 g/mol. The monoisotopic (exact) mass is 226 g/mol. The lowest BCUT2D eigenvalue weighted by molar-refractivity contribution is -0.0701. The van der Waals surface area contributed by atoms with Crippen molar-refractivity contribution in [3.8, 4) is 0 Å². The Kier molecular flexibility index (Phi) is 4.50. The van der Waals surface area contributed by atoms with Crippen molar-refractivity contribution in [2.75, 3.05) is 13.7 Å². The van der Waals surface area contributed by atoms with Crippen molar-refractivity contribution in [3.63, 3.8) is 0 Å². The normalized spacial score (nSPS) is 15.4. The fourth-order valence-corrected chi connectivity index (χ4v) is 1.74. The van der Waals surface area contributed by atoms with Crippen LogP contribution in [0.2, 0.25) is 0 Å². The number of rotatable bonds is 6. The lowest BCUT2D eigenvalue weighted by Gasteiger charge is -2.30. The van der Waals surface area contributed by atoms with E-state index in [2.05, 4.69) is 12.0 Å². The SMILES string of the molecule is CCCn1cc(C(O)(COC)C(C)C)cn1. The highest BCUT2D eigenvalue weighted by Crippen LogP contribution is 2.29. The van der Waals surface area contributed by atoms with E-state index in [1.165, 1.54) is 0 Å². The fraction of sp³-hybridized carbons (Fsp3) is 0.750. The lowest BCUT2D eigenvalue weighted by Crippen LogP contribution is -2.36. The Labute approximate surface area is 97.2 Å². The van der Waals surface area contributed by atoms with Crippen LogP contribution in [0.3, 0.4) is 0 Å². The molecule has 4 nitrogen and oxygen atoms in total. The standard InChI is InChI=1S/C12H22N2O2/c1-5-6-14-8-11(7-13-14)12(15,9-16-4)10(2)3/h7-8,10,15H,5-6,9H2,1-4H3. The summed E-state index contributed by atoms with van der Waals surface area (Å²) in [6.45, 7) is 7.24. The fourth-order valence-electron chi connectivity index (χ4n) is 1.74. The highest BCUT2D eigenvalue weighted by Gasteiger charge is 2.34. The Morgan fingerprint density at radius 3 is 2.75 bits per heavy atom. The number of hydrogen-bond acceptors (Lipinski definition) is 3. The molecule has 4 heteroatoms. The molecule has 0 amide bonds. The van der Waals surface area contributed by atoms with Gasteiger partial charge in [-0.05, 0) is 12.3 Å². The lowest BCUT2D eigenvalue weighted by atomic mass is 9.86. The van der Waals surface area contributed by atoms with Crippen LogP contribution in [0, 0.1) is 5.92 Å². The quantitative estimate of drug-likeness (QED) is 0.804. The molecule has 1 atom stereocenters. The van der Waals surface area contributed by atoms with Gasteiger partial charge in [0, 0.05) is 25.4 Å². The zero-order valence-corrected chi connectivity index (χ0v) is 10.6. The van der Waals surface area contributed by atoms with E-state index >= 15 is 0 Å². The highest BCUT2D eigenvalue weighted by molar-refractivity contribution is 5.16. The molecule has 0 radical (unpaired) electrons. The summed E-state index contributed by atoms with van der Waals surface area (Å²) in [7, 11) is 1.60. The van der Waals surface area contributed by atoms with Gasteiger partial charge in [-0.3, -0.25) is 4.68 Å². The van der Waals surface area contributed by atoms with Crippen LogP contribution in [0.15, 0.2) is 12.4 Å². The van der Waals surface area contributed by atoms with Gasteiger partial charge in [0.1, 0.15) is 5.60 Å². The van der Waals surface area contributed by atoms with Crippen molar-refractivity contribution >= 4 is 0 Å². The minimum absolute atomic E-state index is 0.0896. The molecule has 0 bridgehead atoms. The molecule has 16 heavy (non-hydrogen) atoms. The van der Waals surface area contributed by atoms with Crippen LogP contribution in [-0.2, 0) is 16.9 Å². The van der Waals surface area contributed by atoms with Gasteiger partial charge in [0.15, 0.2) is 0 Å². The van der Waals surface area contributed by atoms with Crippen LogP contribution >= 0.6 is 0 Å². The number of methoxy groups -OCH3 is 1. The number of aliphatic hydroxyl groups is 1. The Bertz CT molecular complexity index is 323. The second-order valence-corrected chi connectivity index (χ2v) is 4.50. The minimum atomic E-state index is -0.944. The van der Waals surface area contributed by atoms with Gasteiger partial charge in [-0.2, -0.15) is 5.10 Å². The van der Waals surface area contributed by atoms with Gasteiger partial charge in [0.25, 0.3) is 0 Å². The maximum atomic E-state index is 10.6.